The van der Waals surface area contributed by atoms with E-state index in [0.717, 1.165) is 22.3 Å². The van der Waals surface area contributed by atoms with E-state index >= 15 is 0 Å². The van der Waals surface area contributed by atoms with Gasteiger partial charge in [0.2, 0.25) is 0 Å². The minimum absolute atomic E-state index is 0.258. The van der Waals surface area contributed by atoms with Crippen molar-refractivity contribution in [2.24, 2.45) is 0 Å². The smallest absolute Gasteiger partial charge is 0.143 e. The highest BCUT2D eigenvalue weighted by molar-refractivity contribution is 6.28. The van der Waals surface area contributed by atoms with Crippen LogP contribution in [-0.4, -0.2) is 0 Å². The van der Waals surface area contributed by atoms with Gasteiger partial charge in [-0.1, -0.05) is 178 Å². The van der Waals surface area contributed by atoms with Crippen molar-refractivity contribution in [3.63, 3.8) is 0 Å². The van der Waals surface area contributed by atoms with E-state index in [1.165, 1.54) is 98.4 Å². The fourth-order valence-corrected chi connectivity index (χ4v) is 9.93. The molecule has 9 aromatic carbocycles. The molecular weight excluding hydrogens is 689 g/mol. The summed E-state index contributed by atoms with van der Waals surface area (Å²) in [5, 5.41) is 12.3. The Morgan fingerprint density at radius 2 is 1.11 bits per heavy atom. The van der Waals surface area contributed by atoms with Crippen LogP contribution in [-0.2, 0) is 5.41 Å². The van der Waals surface area contributed by atoms with Crippen molar-refractivity contribution in [1.29, 1.82) is 0 Å². The second-order valence-electron chi connectivity index (χ2n) is 16.1. The van der Waals surface area contributed by atoms with Crippen LogP contribution in [0.15, 0.2) is 193 Å². The molecule has 0 N–H and O–H groups in total. The Labute approximate surface area is 332 Å². The van der Waals surface area contributed by atoms with Gasteiger partial charge in [0.15, 0.2) is 0 Å². The Kier molecular flexibility index (Phi) is 7.34. The molecule has 270 valence electrons. The van der Waals surface area contributed by atoms with E-state index < -0.39 is 0 Å². The second-order valence-corrected chi connectivity index (χ2v) is 16.1. The average molecular weight is 729 g/mol. The topological polar surface area (TPSA) is 13.1 Å². The van der Waals surface area contributed by atoms with Crippen LogP contribution in [0.25, 0.3) is 98.4 Å². The molecule has 0 atom stereocenters. The predicted octanol–water partition coefficient (Wildman–Crippen LogP) is 15.9. The van der Waals surface area contributed by atoms with Crippen molar-refractivity contribution >= 4 is 76.2 Å². The summed E-state index contributed by atoms with van der Waals surface area (Å²) in [6.45, 7) is 11.3. The molecule has 0 amide bonds. The number of allylic oxidation sites excluding steroid dienone is 5. The summed E-state index contributed by atoms with van der Waals surface area (Å²) in [6, 6.07) is 59.7. The zero-order chi connectivity index (χ0) is 38.4. The average Bonchev–Trinajstić information content (AvgIpc) is 3.75. The molecule has 0 fully saturated rings. The van der Waals surface area contributed by atoms with E-state index in [4.69, 9.17) is 4.42 Å². The largest absolute Gasteiger partial charge is 0.455 e. The molecule has 1 heterocycles. The highest BCUT2D eigenvalue weighted by atomic mass is 16.3. The maximum absolute atomic E-state index is 6.84. The number of benzene rings is 9. The van der Waals surface area contributed by atoms with Gasteiger partial charge in [-0.2, -0.15) is 0 Å². The zero-order valence-electron chi connectivity index (χ0n) is 32.4. The first-order chi connectivity index (χ1) is 27.9. The van der Waals surface area contributed by atoms with Crippen molar-refractivity contribution < 1.29 is 4.42 Å². The van der Waals surface area contributed by atoms with Crippen LogP contribution in [0, 0.1) is 0 Å². The third kappa shape index (κ3) is 4.89. The summed E-state index contributed by atoms with van der Waals surface area (Å²) >= 11 is 0. The van der Waals surface area contributed by atoms with Gasteiger partial charge in [0.25, 0.3) is 0 Å². The van der Waals surface area contributed by atoms with E-state index in [1.807, 2.05) is 0 Å². The van der Waals surface area contributed by atoms with E-state index in [9.17, 15) is 0 Å². The van der Waals surface area contributed by atoms with Crippen molar-refractivity contribution in [2.45, 2.75) is 26.2 Å². The summed E-state index contributed by atoms with van der Waals surface area (Å²) in [6.07, 6.45) is 4.44. The highest BCUT2D eigenvalue weighted by Crippen LogP contribution is 2.51. The minimum Gasteiger partial charge on any atom is -0.455 e. The number of hydrogen-bond donors (Lipinski definition) is 0. The molecule has 0 saturated carbocycles. The lowest BCUT2D eigenvalue weighted by Gasteiger charge is -2.24. The van der Waals surface area contributed by atoms with Gasteiger partial charge >= 0.3 is 0 Å². The van der Waals surface area contributed by atoms with Crippen molar-refractivity contribution in [1.82, 2.24) is 0 Å². The van der Waals surface area contributed by atoms with Crippen molar-refractivity contribution in [3.05, 3.63) is 205 Å². The van der Waals surface area contributed by atoms with Crippen LogP contribution in [0.3, 0.4) is 0 Å². The molecule has 0 bridgehead atoms. The van der Waals surface area contributed by atoms with E-state index in [0.29, 0.717) is 0 Å². The van der Waals surface area contributed by atoms with E-state index in [2.05, 4.69) is 203 Å². The first-order valence-electron chi connectivity index (χ1n) is 19.9. The predicted molar refractivity (Wildman–Crippen MR) is 245 cm³/mol. The molecule has 1 aliphatic carbocycles. The molecule has 0 radical (unpaired) electrons. The lowest BCUT2D eigenvalue weighted by atomic mass is 9.79. The monoisotopic (exact) mass is 728 g/mol. The van der Waals surface area contributed by atoms with Crippen LogP contribution >= 0.6 is 0 Å². The lowest BCUT2D eigenvalue weighted by molar-refractivity contribution is 0.655. The van der Waals surface area contributed by atoms with Gasteiger partial charge in [-0.15, -0.1) is 0 Å². The Balaban J connectivity index is 1.11. The molecule has 0 aliphatic heterocycles. The Morgan fingerprint density at radius 3 is 1.75 bits per heavy atom. The van der Waals surface area contributed by atoms with Gasteiger partial charge < -0.3 is 4.42 Å². The zero-order valence-corrected chi connectivity index (χ0v) is 32.4. The minimum atomic E-state index is -0.258. The third-order valence-corrected chi connectivity index (χ3v) is 12.6. The van der Waals surface area contributed by atoms with Crippen LogP contribution in [0.5, 0.6) is 0 Å². The molecule has 0 spiro atoms. The van der Waals surface area contributed by atoms with Gasteiger partial charge in [0.05, 0.1) is 0 Å². The molecule has 0 unspecified atom stereocenters. The maximum atomic E-state index is 6.84. The quantitative estimate of drug-likeness (QED) is 0.161. The van der Waals surface area contributed by atoms with Crippen LogP contribution in [0.1, 0.15) is 37.5 Å². The van der Waals surface area contributed by atoms with Gasteiger partial charge in [0, 0.05) is 21.8 Å². The van der Waals surface area contributed by atoms with Crippen LogP contribution < -0.4 is 0 Å². The molecule has 1 aromatic heterocycles. The van der Waals surface area contributed by atoms with Gasteiger partial charge in [-0.05, 0) is 118 Å². The van der Waals surface area contributed by atoms with Crippen molar-refractivity contribution in [3.8, 4) is 22.3 Å². The SMILES string of the molecule is C=CC1=C(/C=C(\C)c2cc3ccccc3c3c2oc2ccc4ccccc4c23)c2ccc(-c3c4ccccc4c(-c4ccccc4)c4ccccc34)cc2C1(C)C. The molecule has 10 aromatic rings. The summed E-state index contributed by atoms with van der Waals surface area (Å²) in [4.78, 5) is 0. The summed E-state index contributed by atoms with van der Waals surface area (Å²) in [5.74, 6) is 0. The Hall–Kier alpha value is -6.96. The number of rotatable bonds is 5. The molecular formula is C56H40O. The standard InChI is InChI=1S/C56H40O/c1-5-48-47(31-34(2)46-32-37-20-10-12-22-40(37)54-53-39-21-11-9-17-35(39)28-30-50(53)57-55(46)54)41-29-27-38(33-49(41)56(48,3)4)52-44-25-15-13-23-42(44)51(36-18-7-6-8-19-36)43-24-14-16-26-45(43)52/h5-33H,1H2,2-4H3/b34-31+. The molecule has 1 heteroatoms. The first kappa shape index (κ1) is 33.4. The summed E-state index contributed by atoms with van der Waals surface area (Å²) in [7, 11) is 0. The van der Waals surface area contributed by atoms with E-state index in [-0.39, 0.29) is 5.41 Å². The van der Waals surface area contributed by atoms with Crippen molar-refractivity contribution in [2.75, 3.05) is 0 Å². The molecule has 1 aliphatic rings. The number of hydrogen-bond acceptors (Lipinski definition) is 1. The van der Waals surface area contributed by atoms with Crippen LogP contribution in [0.4, 0.5) is 0 Å². The van der Waals surface area contributed by atoms with E-state index in [1.54, 1.807) is 0 Å². The molecule has 1 nitrogen and oxygen atoms in total. The summed E-state index contributed by atoms with van der Waals surface area (Å²) < 4.78 is 6.84. The highest BCUT2D eigenvalue weighted by Gasteiger charge is 2.36. The molecule has 57 heavy (non-hydrogen) atoms. The molecule has 0 saturated heterocycles. The number of fused-ring (bicyclic) bond motifs is 10. The maximum Gasteiger partial charge on any atom is 0.143 e. The second kappa shape index (κ2) is 12.5. The molecule has 11 rings (SSSR count). The van der Waals surface area contributed by atoms with Crippen LogP contribution in [0.2, 0.25) is 0 Å². The first-order valence-corrected chi connectivity index (χ1v) is 19.9. The number of furan rings is 1. The summed E-state index contributed by atoms with van der Waals surface area (Å²) in [5.41, 5.74) is 13.9. The Bertz CT molecular complexity index is 3330. The van der Waals surface area contributed by atoms with Gasteiger partial charge in [-0.25, -0.2) is 0 Å². The normalized spacial score (nSPS) is 14.1. The fraction of sp³-hybridized carbons (Fsp3) is 0.0714. The fourth-order valence-electron chi connectivity index (χ4n) is 9.93. The lowest BCUT2D eigenvalue weighted by Crippen LogP contribution is -2.16. The van der Waals surface area contributed by atoms with Gasteiger partial charge in [0.1, 0.15) is 11.2 Å². The van der Waals surface area contributed by atoms with Gasteiger partial charge in [-0.3, -0.25) is 0 Å². The Morgan fingerprint density at radius 1 is 0.544 bits per heavy atom. The third-order valence-electron chi connectivity index (χ3n) is 12.6.